The smallest absolute Gasteiger partial charge is 0.236 e. The van der Waals surface area contributed by atoms with Gasteiger partial charge in [0, 0.05) is 18.5 Å². The summed E-state index contributed by atoms with van der Waals surface area (Å²) in [5.74, 6) is 0.675. The van der Waals surface area contributed by atoms with E-state index in [2.05, 4.69) is 29.5 Å². The summed E-state index contributed by atoms with van der Waals surface area (Å²) in [6.45, 7) is 9.55. The fourth-order valence-electron chi connectivity index (χ4n) is 1.48. The maximum atomic E-state index is 11.8. The Kier molecular flexibility index (Phi) is 6.29. The number of hydrogen-bond donors (Lipinski definition) is 2. The second kappa shape index (κ2) is 7.48. The normalized spacial score (nSPS) is 12.7. The Morgan fingerprint density at radius 2 is 2.17 bits per heavy atom. The number of carbonyl (C=O) groups excluding carboxylic acids is 1. The lowest BCUT2D eigenvalue weighted by Crippen LogP contribution is -2.42. The Morgan fingerprint density at radius 3 is 2.72 bits per heavy atom. The van der Waals surface area contributed by atoms with Crippen LogP contribution in [0, 0.1) is 12.8 Å². The summed E-state index contributed by atoms with van der Waals surface area (Å²) < 4.78 is 0. The van der Waals surface area contributed by atoms with Gasteiger partial charge in [-0.3, -0.25) is 4.79 Å². The van der Waals surface area contributed by atoms with Crippen molar-refractivity contribution in [1.29, 1.82) is 0 Å². The molecule has 0 saturated carbocycles. The minimum Gasteiger partial charge on any atom is -0.355 e. The van der Waals surface area contributed by atoms with Crippen LogP contribution >= 0.6 is 11.3 Å². The lowest BCUT2D eigenvalue weighted by Gasteiger charge is -2.14. The number of rotatable bonds is 7. The Morgan fingerprint density at radius 1 is 1.44 bits per heavy atom. The number of hydrogen-bond acceptors (Lipinski definition) is 4. The van der Waals surface area contributed by atoms with Crippen molar-refractivity contribution in [2.75, 3.05) is 6.54 Å². The molecule has 1 aromatic heterocycles. The average Bonchev–Trinajstić information content (AvgIpc) is 2.71. The van der Waals surface area contributed by atoms with E-state index < -0.39 is 0 Å². The predicted molar refractivity (Wildman–Crippen MR) is 75.6 cm³/mol. The number of nitrogens with zero attached hydrogens (tertiary/aromatic N) is 1. The second-order valence-corrected chi connectivity index (χ2v) is 6.00. The largest absolute Gasteiger partial charge is 0.355 e. The summed E-state index contributed by atoms with van der Waals surface area (Å²) in [4.78, 5) is 16.1. The van der Waals surface area contributed by atoms with Gasteiger partial charge in [-0.1, -0.05) is 13.8 Å². The molecule has 4 nitrogen and oxygen atoms in total. The molecule has 2 N–H and O–H groups in total. The lowest BCUT2D eigenvalue weighted by atomic mass is 10.1. The molecule has 0 aliphatic carbocycles. The summed E-state index contributed by atoms with van der Waals surface area (Å²) in [7, 11) is 0. The van der Waals surface area contributed by atoms with Crippen molar-refractivity contribution < 1.29 is 4.79 Å². The standard InChI is InChI=1S/C13H23N3OS/c1-9(2)5-6-14-13(17)10(3)15-7-12-8-18-11(4)16-12/h8-10,15H,5-7H2,1-4H3,(H,14,17). The number of aromatic nitrogens is 1. The first-order valence-corrected chi connectivity index (χ1v) is 7.29. The van der Waals surface area contributed by atoms with E-state index in [9.17, 15) is 4.79 Å². The molecular weight excluding hydrogens is 246 g/mol. The van der Waals surface area contributed by atoms with Gasteiger partial charge in [0.25, 0.3) is 0 Å². The Bertz CT molecular complexity index is 376. The van der Waals surface area contributed by atoms with E-state index in [1.165, 1.54) is 0 Å². The predicted octanol–water partition coefficient (Wildman–Crippen LogP) is 2.09. The average molecular weight is 269 g/mol. The van der Waals surface area contributed by atoms with Crippen LogP contribution in [0.4, 0.5) is 0 Å². The van der Waals surface area contributed by atoms with Crippen molar-refractivity contribution in [1.82, 2.24) is 15.6 Å². The van der Waals surface area contributed by atoms with Gasteiger partial charge in [0.15, 0.2) is 0 Å². The maximum absolute atomic E-state index is 11.8. The molecule has 18 heavy (non-hydrogen) atoms. The number of amides is 1. The van der Waals surface area contributed by atoms with Gasteiger partial charge < -0.3 is 10.6 Å². The summed E-state index contributed by atoms with van der Waals surface area (Å²) in [6.07, 6.45) is 1.02. The van der Waals surface area contributed by atoms with Gasteiger partial charge in [-0.15, -0.1) is 11.3 Å². The van der Waals surface area contributed by atoms with Crippen LogP contribution in [0.25, 0.3) is 0 Å². The molecule has 1 atom stereocenters. The molecule has 0 aromatic carbocycles. The first-order valence-electron chi connectivity index (χ1n) is 6.41. The van der Waals surface area contributed by atoms with Crippen molar-refractivity contribution in [3.63, 3.8) is 0 Å². The van der Waals surface area contributed by atoms with Crippen molar-refractivity contribution in [3.05, 3.63) is 16.1 Å². The SMILES string of the molecule is Cc1nc(CNC(C)C(=O)NCCC(C)C)cs1. The van der Waals surface area contributed by atoms with Crippen LogP contribution in [0.3, 0.4) is 0 Å². The zero-order valence-corrected chi connectivity index (χ0v) is 12.4. The van der Waals surface area contributed by atoms with Crippen molar-refractivity contribution >= 4 is 17.2 Å². The molecule has 1 unspecified atom stereocenters. The highest BCUT2D eigenvalue weighted by Crippen LogP contribution is 2.07. The Labute approximate surface area is 113 Å². The molecule has 1 rings (SSSR count). The molecule has 1 amide bonds. The molecular formula is C13H23N3OS. The molecule has 0 radical (unpaired) electrons. The summed E-state index contributed by atoms with van der Waals surface area (Å²) in [6, 6.07) is -0.181. The molecule has 0 fully saturated rings. The Balaban J connectivity index is 2.23. The summed E-state index contributed by atoms with van der Waals surface area (Å²) >= 11 is 1.63. The maximum Gasteiger partial charge on any atom is 0.236 e. The first kappa shape index (κ1) is 15.1. The number of carbonyl (C=O) groups is 1. The topological polar surface area (TPSA) is 54.0 Å². The van der Waals surface area contributed by atoms with Crippen molar-refractivity contribution in [2.45, 2.75) is 46.7 Å². The highest BCUT2D eigenvalue weighted by Gasteiger charge is 2.12. The van der Waals surface area contributed by atoms with Crippen LogP contribution in [0.2, 0.25) is 0 Å². The van der Waals surface area contributed by atoms with Gasteiger partial charge in [-0.05, 0) is 26.2 Å². The van der Waals surface area contributed by atoms with Gasteiger partial charge in [0.1, 0.15) is 0 Å². The van der Waals surface area contributed by atoms with E-state index in [0.29, 0.717) is 12.5 Å². The molecule has 5 heteroatoms. The molecule has 1 aromatic rings. The van der Waals surface area contributed by atoms with Gasteiger partial charge in [-0.25, -0.2) is 4.98 Å². The molecule has 0 aliphatic rings. The molecule has 0 bridgehead atoms. The van der Waals surface area contributed by atoms with E-state index in [1.807, 2.05) is 19.2 Å². The van der Waals surface area contributed by atoms with Crippen LogP contribution in [-0.2, 0) is 11.3 Å². The van der Waals surface area contributed by atoms with Gasteiger partial charge in [0.05, 0.1) is 16.7 Å². The minimum atomic E-state index is -0.181. The molecule has 0 saturated heterocycles. The van der Waals surface area contributed by atoms with Crippen LogP contribution in [0.1, 0.15) is 37.9 Å². The van der Waals surface area contributed by atoms with Crippen LogP contribution in [-0.4, -0.2) is 23.5 Å². The third kappa shape index (κ3) is 5.60. The fraction of sp³-hybridized carbons (Fsp3) is 0.692. The third-order valence-corrected chi connectivity index (χ3v) is 3.49. The fourth-order valence-corrected chi connectivity index (χ4v) is 2.09. The molecule has 0 spiro atoms. The number of nitrogens with one attached hydrogen (secondary N) is 2. The van der Waals surface area contributed by atoms with E-state index in [1.54, 1.807) is 11.3 Å². The highest BCUT2D eigenvalue weighted by molar-refractivity contribution is 7.09. The zero-order chi connectivity index (χ0) is 13.5. The monoisotopic (exact) mass is 269 g/mol. The summed E-state index contributed by atoms with van der Waals surface area (Å²) in [5.41, 5.74) is 0.999. The van der Waals surface area contributed by atoms with E-state index in [-0.39, 0.29) is 11.9 Å². The van der Waals surface area contributed by atoms with Crippen molar-refractivity contribution in [2.24, 2.45) is 5.92 Å². The number of thiazole rings is 1. The van der Waals surface area contributed by atoms with Crippen LogP contribution in [0.5, 0.6) is 0 Å². The molecule has 1 heterocycles. The van der Waals surface area contributed by atoms with Crippen molar-refractivity contribution in [3.8, 4) is 0 Å². The van der Waals surface area contributed by atoms with Gasteiger partial charge in [0.2, 0.25) is 5.91 Å². The number of aryl methyl sites for hydroxylation is 1. The molecule has 0 aliphatic heterocycles. The van der Waals surface area contributed by atoms with E-state index >= 15 is 0 Å². The van der Waals surface area contributed by atoms with Gasteiger partial charge in [-0.2, -0.15) is 0 Å². The zero-order valence-electron chi connectivity index (χ0n) is 11.6. The van der Waals surface area contributed by atoms with Gasteiger partial charge >= 0.3 is 0 Å². The Hall–Kier alpha value is -0.940. The third-order valence-electron chi connectivity index (χ3n) is 2.67. The molecule has 102 valence electrons. The van der Waals surface area contributed by atoms with E-state index in [0.717, 1.165) is 23.7 Å². The minimum absolute atomic E-state index is 0.0580. The quantitative estimate of drug-likeness (QED) is 0.797. The van der Waals surface area contributed by atoms with Crippen LogP contribution < -0.4 is 10.6 Å². The lowest BCUT2D eigenvalue weighted by molar-refractivity contribution is -0.122. The van der Waals surface area contributed by atoms with E-state index in [4.69, 9.17) is 0 Å². The first-order chi connectivity index (χ1) is 8.49. The van der Waals surface area contributed by atoms with Crippen LogP contribution in [0.15, 0.2) is 5.38 Å². The second-order valence-electron chi connectivity index (χ2n) is 4.93. The highest BCUT2D eigenvalue weighted by atomic mass is 32.1. The summed E-state index contributed by atoms with van der Waals surface area (Å²) in [5, 5.41) is 9.19.